The zero-order valence-electron chi connectivity index (χ0n) is 13.7. The van der Waals surface area contributed by atoms with E-state index < -0.39 is 5.60 Å². The molecule has 2 aromatic heterocycles. The lowest BCUT2D eigenvalue weighted by atomic mass is 10.0. The molecule has 0 bridgehead atoms. The standard InChI is InChI=1S/C18H18N4O2/c1-6-22(14(3)19-5)16-10-15(11-20-12-16)7-8-18(4,23)17-9-13(2)24-21-17/h6,9-12,23H,1,3,5H2,2,4H3. The first-order valence-corrected chi connectivity index (χ1v) is 7.09. The fourth-order valence-electron chi connectivity index (χ4n) is 1.92. The lowest BCUT2D eigenvalue weighted by molar-refractivity contribution is 0.112. The van der Waals surface area contributed by atoms with Gasteiger partial charge in [0.2, 0.25) is 0 Å². The van der Waals surface area contributed by atoms with Gasteiger partial charge in [-0.15, -0.1) is 0 Å². The number of rotatable bonds is 5. The van der Waals surface area contributed by atoms with Crippen LogP contribution in [0, 0.1) is 18.8 Å². The summed E-state index contributed by atoms with van der Waals surface area (Å²) in [6.45, 7) is 14.2. The van der Waals surface area contributed by atoms with Gasteiger partial charge in [-0.05, 0) is 26.6 Å². The molecule has 2 aromatic rings. The average molecular weight is 322 g/mol. The summed E-state index contributed by atoms with van der Waals surface area (Å²) in [4.78, 5) is 9.55. The van der Waals surface area contributed by atoms with E-state index in [0.29, 0.717) is 28.5 Å². The number of aromatic nitrogens is 2. The average Bonchev–Trinajstić information content (AvgIpc) is 3.01. The molecule has 0 spiro atoms. The van der Waals surface area contributed by atoms with E-state index in [2.05, 4.69) is 46.8 Å². The van der Waals surface area contributed by atoms with Gasteiger partial charge in [-0.3, -0.25) is 4.98 Å². The lowest BCUT2D eigenvalue weighted by Gasteiger charge is -2.18. The molecular formula is C18H18N4O2. The molecule has 2 rings (SSSR count). The van der Waals surface area contributed by atoms with E-state index in [1.807, 2.05) is 0 Å². The smallest absolute Gasteiger partial charge is 0.168 e. The summed E-state index contributed by atoms with van der Waals surface area (Å²) < 4.78 is 4.97. The SMILES string of the molecule is C=CN(C(=C)N=C)c1cncc(C#CC(C)(O)c2cc(C)on2)c1. The molecule has 0 aliphatic heterocycles. The number of aryl methyl sites for hydroxylation is 1. The van der Waals surface area contributed by atoms with Gasteiger partial charge in [-0.2, -0.15) is 0 Å². The van der Waals surface area contributed by atoms with Gasteiger partial charge in [0.25, 0.3) is 0 Å². The molecule has 24 heavy (non-hydrogen) atoms. The van der Waals surface area contributed by atoms with E-state index in [1.54, 1.807) is 49.5 Å². The van der Waals surface area contributed by atoms with Crippen LogP contribution in [0.3, 0.4) is 0 Å². The summed E-state index contributed by atoms with van der Waals surface area (Å²) in [7, 11) is 0. The van der Waals surface area contributed by atoms with Gasteiger partial charge >= 0.3 is 0 Å². The summed E-state index contributed by atoms with van der Waals surface area (Å²) in [5, 5.41) is 14.2. The molecule has 122 valence electrons. The second-order valence-electron chi connectivity index (χ2n) is 5.20. The zero-order chi connectivity index (χ0) is 17.7. The van der Waals surface area contributed by atoms with Crippen LogP contribution in [0.2, 0.25) is 0 Å². The van der Waals surface area contributed by atoms with Crippen molar-refractivity contribution in [1.29, 1.82) is 0 Å². The Labute approximate surface area is 140 Å². The van der Waals surface area contributed by atoms with E-state index in [4.69, 9.17) is 4.52 Å². The maximum Gasteiger partial charge on any atom is 0.168 e. The first-order chi connectivity index (χ1) is 11.4. The number of aliphatic imine (C=N–C) groups is 1. The first kappa shape index (κ1) is 17.2. The number of hydrogen-bond acceptors (Lipinski definition) is 6. The molecule has 1 N–H and O–H groups in total. The van der Waals surface area contributed by atoms with Gasteiger partial charge in [0, 0.05) is 24.0 Å². The Balaban J connectivity index is 2.32. The van der Waals surface area contributed by atoms with Crippen LogP contribution in [0.1, 0.15) is 23.9 Å². The van der Waals surface area contributed by atoms with Crippen molar-refractivity contribution >= 4 is 12.4 Å². The Bertz CT molecular complexity index is 840. The lowest BCUT2D eigenvalue weighted by Crippen LogP contribution is -2.19. The van der Waals surface area contributed by atoms with Crippen molar-refractivity contribution in [1.82, 2.24) is 10.1 Å². The molecule has 2 heterocycles. The number of pyridine rings is 1. The predicted molar refractivity (Wildman–Crippen MR) is 93.3 cm³/mol. The Morgan fingerprint density at radius 2 is 2.21 bits per heavy atom. The highest BCUT2D eigenvalue weighted by Crippen LogP contribution is 2.21. The fraction of sp³-hybridized carbons (Fsp3) is 0.167. The van der Waals surface area contributed by atoms with E-state index in [0.717, 1.165) is 0 Å². The molecule has 0 radical (unpaired) electrons. The molecule has 0 saturated heterocycles. The molecule has 1 atom stereocenters. The topological polar surface area (TPSA) is 74.8 Å². The van der Waals surface area contributed by atoms with Crippen LogP contribution in [0.25, 0.3) is 0 Å². The number of nitrogens with zero attached hydrogens (tertiary/aromatic N) is 4. The minimum absolute atomic E-state index is 0.355. The number of hydrogen-bond donors (Lipinski definition) is 1. The highest BCUT2D eigenvalue weighted by Gasteiger charge is 2.24. The van der Waals surface area contributed by atoms with E-state index in [9.17, 15) is 5.11 Å². The number of aliphatic hydroxyl groups is 1. The minimum atomic E-state index is -1.43. The fourth-order valence-corrected chi connectivity index (χ4v) is 1.92. The largest absolute Gasteiger partial charge is 0.372 e. The van der Waals surface area contributed by atoms with Crippen molar-refractivity contribution in [2.75, 3.05) is 4.90 Å². The summed E-state index contributed by atoms with van der Waals surface area (Å²) in [6, 6.07) is 3.42. The normalized spacial score (nSPS) is 12.5. The Morgan fingerprint density at radius 3 is 2.79 bits per heavy atom. The Morgan fingerprint density at radius 1 is 1.46 bits per heavy atom. The molecule has 0 aromatic carbocycles. The van der Waals surface area contributed by atoms with Crippen LogP contribution in [0.4, 0.5) is 5.69 Å². The molecular weight excluding hydrogens is 304 g/mol. The van der Waals surface area contributed by atoms with Gasteiger partial charge in [0.15, 0.2) is 5.60 Å². The van der Waals surface area contributed by atoms with Gasteiger partial charge in [0.1, 0.15) is 17.3 Å². The molecule has 6 nitrogen and oxygen atoms in total. The highest BCUT2D eigenvalue weighted by atomic mass is 16.5. The molecule has 0 fully saturated rings. The second-order valence-corrected chi connectivity index (χ2v) is 5.20. The van der Waals surface area contributed by atoms with Crippen molar-refractivity contribution in [3.63, 3.8) is 0 Å². The van der Waals surface area contributed by atoms with Crippen LogP contribution in [-0.4, -0.2) is 22.0 Å². The Hall–Kier alpha value is -3.17. The minimum Gasteiger partial charge on any atom is -0.372 e. The zero-order valence-corrected chi connectivity index (χ0v) is 13.7. The van der Waals surface area contributed by atoms with Gasteiger partial charge in [0.05, 0.1) is 11.9 Å². The van der Waals surface area contributed by atoms with Crippen LogP contribution in [-0.2, 0) is 5.60 Å². The second kappa shape index (κ2) is 6.94. The summed E-state index contributed by atoms with van der Waals surface area (Å²) in [5.41, 5.74) is 0.217. The predicted octanol–water partition coefficient (Wildman–Crippen LogP) is 2.76. The van der Waals surface area contributed by atoms with Crippen molar-refractivity contribution in [2.45, 2.75) is 19.4 Å². The van der Waals surface area contributed by atoms with Gasteiger partial charge < -0.3 is 14.5 Å². The van der Waals surface area contributed by atoms with Crippen molar-refractivity contribution in [2.24, 2.45) is 4.99 Å². The molecule has 0 amide bonds. The maximum absolute atomic E-state index is 10.4. The first-order valence-electron chi connectivity index (χ1n) is 7.09. The summed E-state index contributed by atoms with van der Waals surface area (Å²) in [5.74, 6) is 6.68. The molecule has 0 aliphatic carbocycles. The third-order valence-corrected chi connectivity index (χ3v) is 3.22. The molecule has 0 aliphatic rings. The third kappa shape index (κ3) is 3.77. The highest BCUT2D eigenvalue weighted by molar-refractivity contribution is 5.57. The van der Waals surface area contributed by atoms with Crippen molar-refractivity contribution in [3.8, 4) is 11.8 Å². The summed E-state index contributed by atoms with van der Waals surface area (Å²) in [6.07, 6.45) is 4.77. The van der Waals surface area contributed by atoms with Gasteiger partial charge in [-0.25, -0.2) is 4.99 Å². The quantitative estimate of drug-likeness (QED) is 0.677. The van der Waals surface area contributed by atoms with Gasteiger partial charge in [-0.1, -0.05) is 30.2 Å². The van der Waals surface area contributed by atoms with E-state index >= 15 is 0 Å². The number of anilines is 1. The third-order valence-electron chi connectivity index (χ3n) is 3.22. The molecule has 0 saturated carbocycles. The van der Waals surface area contributed by atoms with Crippen LogP contribution < -0.4 is 4.90 Å². The summed E-state index contributed by atoms with van der Waals surface area (Å²) >= 11 is 0. The monoisotopic (exact) mass is 322 g/mol. The van der Waals surface area contributed by atoms with Crippen molar-refractivity contribution in [3.05, 3.63) is 66.7 Å². The Kier molecular flexibility index (Phi) is 4.97. The van der Waals surface area contributed by atoms with Crippen LogP contribution in [0.15, 0.2) is 59.2 Å². The van der Waals surface area contributed by atoms with E-state index in [1.165, 1.54) is 0 Å². The molecule has 6 heteroatoms. The maximum atomic E-state index is 10.4. The molecule has 1 unspecified atom stereocenters. The van der Waals surface area contributed by atoms with Crippen LogP contribution >= 0.6 is 0 Å². The van der Waals surface area contributed by atoms with E-state index in [-0.39, 0.29) is 0 Å². The van der Waals surface area contributed by atoms with Crippen LogP contribution in [0.5, 0.6) is 0 Å². The van der Waals surface area contributed by atoms with Crippen molar-refractivity contribution < 1.29 is 9.63 Å².